The van der Waals surface area contributed by atoms with Crippen LogP contribution in [-0.4, -0.2) is 17.6 Å². The first-order valence-corrected chi connectivity index (χ1v) is 7.97. The molecule has 1 N–H and O–H groups in total. The van der Waals surface area contributed by atoms with Gasteiger partial charge < -0.3 is 5.32 Å². The summed E-state index contributed by atoms with van der Waals surface area (Å²) in [5.74, 6) is 0. The third-order valence-electron chi connectivity index (χ3n) is 3.74. The van der Waals surface area contributed by atoms with Crippen molar-refractivity contribution >= 4 is 21.6 Å². The number of nitrogens with one attached hydrogen (secondary N) is 1. The van der Waals surface area contributed by atoms with Crippen LogP contribution in [0, 0.1) is 0 Å². The van der Waals surface area contributed by atoms with Crippen LogP contribution in [0.1, 0.15) is 44.2 Å². The van der Waals surface area contributed by atoms with Crippen molar-refractivity contribution in [2.75, 3.05) is 6.54 Å². The van der Waals surface area contributed by atoms with Crippen molar-refractivity contribution in [3.8, 4) is 0 Å². The Kier molecular flexibility index (Phi) is 3.35. The zero-order chi connectivity index (χ0) is 13.5. The second kappa shape index (κ2) is 4.88. The van der Waals surface area contributed by atoms with Crippen LogP contribution >= 0.6 is 11.3 Å². The minimum absolute atomic E-state index is 0.150. The second-order valence-corrected chi connectivity index (χ2v) is 7.60. The van der Waals surface area contributed by atoms with E-state index < -0.39 is 0 Å². The molecule has 1 fully saturated rings. The molecule has 1 atom stereocenters. The SMILES string of the molecule is CC(C)(C)c1nc2cc(CC3CCCN3)ccc2s1. The van der Waals surface area contributed by atoms with E-state index in [1.165, 1.54) is 40.2 Å². The highest BCUT2D eigenvalue weighted by atomic mass is 32.1. The van der Waals surface area contributed by atoms with Crippen LogP contribution < -0.4 is 5.32 Å². The summed E-state index contributed by atoms with van der Waals surface area (Å²) in [5.41, 5.74) is 2.74. The average Bonchev–Trinajstić information content (AvgIpc) is 2.95. The van der Waals surface area contributed by atoms with Crippen molar-refractivity contribution in [1.82, 2.24) is 10.3 Å². The van der Waals surface area contributed by atoms with Gasteiger partial charge in [0.05, 0.1) is 15.2 Å². The van der Waals surface area contributed by atoms with Gasteiger partial charge in [-0.3, -0.25) is 0 Å². The van der Waals surface area contributed by atoms with Crippen LogP contribution in [0.2, 0.25) is 0 Å². The van der Waals surface area contributed by atoms with Gasteiger partial charge in [0, 0.05) is 11.5 Å². The Balaban J connectivity index is 1.87. The van der Waals surface area contributed by atoms with Gasteiger partial charge >= 0.3 is 0 Å². The molecular formula is C16H22N2S. The lowest BCUT2D eigenvalue weighted by Crippen LogP contribution is -2.23. The highest BCUT2D eigenvalue weighted by molar-refractivity contribution is 7.18. The van der Waals surface area contributed by atoms with Crippen LogP contribution in [0.5, 0.6) is 0 Å². The van der Waals surface area contributed by atoms with Gasteiger partial charge in [0.15, 0.2) is 0 Å². The number of nitrogens with zero attached hydrogens (tertiary/aromatic N) is 1. The standard InChI is InChI=1S/C16H22N2S/c1-16(2,3)15-18-13-10-11(6-7-14(13)19-15)9-12-5-4-8-17-12/h6-7,10,12,17H,4-5,8-9H2,1-3H3. The minimum Gasteiger partial charge on any atom is -0.314 e. The summed E-state index contributed by atoms with van der Waals surface area (Å²) >= 11 is 1.83. The molecule has 0 bridgehead atoms. The van der Waals surface area contributed by atoms with Crippen molar-refractivity contribution in [2.24, 2.45) is 0 Å². The van der Waals surface area contributed by atoms with Gasteiger partial charge in [0.1, 0.15) is 0 Å². The topological polar surface area (TPSA) is 24.9 Å². The quantitative estimate of drug-likeness (QED) is 0.898. The summed E-state index contributed by atoms with van der Waals surface area (Å²) in [6.07, 6.45) is 3.76. The fraction of sp³-hybridized carbons (Fsp3) is 0.562. The van der Waals surface area contributed by atoms with E-state index in [-0.39, 0.29) is 5.41 Å². The Morgan fingerprint density at radius 3 is 2.89 bits per heavy atom. The Morgan fingerprint density at radius 1 is 1.37 bits per heavy atom. The first kappa shape index (κ1) is 13.1. The lowest BCUT2D eigenvalue weighted by atomic mass is 9.98. The monoisotopic (exact) mass is 274 g/mol. The summed E-state index contributed by atoms with van der Waals surface area (Å²) in [6.45, 7) is 7.87. The number of benzene rings is 1. The van der Waals surface area contributed by atoms with E-state index in [4.69, 9.17) is 4.98 Å². The van der Waals surface area contributed by atoms with Crippen molar-refractivity contribution in [3.05, 3.63) is 28.8 Å². The maximum Gasteiger partial charge on any atom is 0.0992 e. The zero-order valence-corrected chi connectivity index (χ0v) is 12.8. The summed E-state index contributed by atoms with van der Waals surface area (Å²) in [7, 11) is 0. The van der Waals surface area contributed by atoms with Gasteiger partial charge in [-0.2, -0.15) is 0 Å². The first-order chi connectivity index (χ1) is 9.02. The number of thiazole rings is 1. The summed E-state index contributed by atoms with van der Waals surface area (Å²) in [5, 5.41) is 4.80. The summed E-state index contributed by atoms with van der Waals surface area (Å²) < 4.78 is 1.31. The molecule has 1 aromatic heterocycles. The molecule has 1 saturated heterocycles. The van der Waals surface area contributed by atoms with Crippen LogP contribution in [-0.2, 0) is 11.8 Å². The van der Waals surface area contributed by atoms with E-state index in [0.29, 0.717) is 6.04 Å². The third kappa shape index (κ3) is 2.82. The second-order valence-electron chi connectivity index (χ2n) is 6.57. The van der Waals surface area contributed by atoms with Gasteiger partial charge in [-0.1, -0.05) is 26.8 Å². The largest absolute Gasteiger partial charge is 0.314 e. The van der Waals surface area contributed by atoms with Crippen molar-refractivity contribution < 1.29 is 0 Å². The molecule has 1 aliphatic rings. The van der Waals surface area contributed by atoms with Crippen LogP contribution in [0.3, 0.4) is 0 Å². The first-order valence-electron chi connectivity index (χ1n) is 7.16. The highest BCUT2D eigenvalue weighted by Crippen LogP contribution is 2.31. The normalized spacial score (nSPS) is 20.3. The number of hydrogen-bond donors (Lipinski definition) is 1. The molecule has 102 valence electrons. The van der Waals surface area contributed by atoms with Crippen LogP contribution in [0.15, 0.2) is 18.2 Å². The van der Waals surface area contributed by atoms with E-state index in [2.05, 4.69) is 44.3 Å². The molecule has 3 rings (SSSR count). The Labute approximate surface area is 119 Å². The van der Waals surface area contributed by atoms with E-state index in [1.54, 1.807) is 0 Å². The molecule has 2 aromatic rings. The molecule has 0 aliphatic carbocycles. The minimum atomic E-state index is 0.150. The molecule has 0 spiro atoms. The maximum atomic E-state index is 4.82. The average molecular weight is 274 g/mol. The Hall–Kier alpha value is -0.930. The molecule has 0 saturated carbocycles. The lowest BCUT2D eigenvalue weighted by Gasteiger charge is -2.13. The molecule has 1 aliphatic heterocycles. The predicted molar refractivity (Wildman–Crippen MR) is 83.0 cm³/mol. The molecule has 2 nitrogen and oxygen atoms in total. The summed E-state index contributed by atoms with van der Waals surface area (Å²) in [6, 6.07) is 7.46. The fourth-order valence-electron chi connectivity index (χ4n) is 2.64. The predicted octanol–water partition coefficient (Wildman–Crippen LogP) is 3.89. The molecule has 3 heteroatoms. The highest BCUT2D eigenvalue weighted by Gasteiger charge is 2.19. The smallest absolute Gasteiger partial charge is 0.0992 e. The number of fused-ring (bicyclic) bond motifs is 1. The molecule has 1 unspecified atom stereocenters. The lowest BCUT2D eigenvalue weighted by molar-refractivity contribution is 0.587. The van der Waals surface area contributed by atoms with E-state index in [1.807, 2.05) is 11.3 Å². The fourth-order valence-corrected chi connectivity index (χ4v) is 3.64. The van der Waals surface area contributed by atoms with Crippen LogP contribution in [0.4, 0.5) is 0 Å². The number of aromatic nitrogens is 1. The third-order valence-corrected chi connectivity index (χ3v) is 5.20. The van der Waals surface area contributed by atoms with E-state index in [0.717, 1.165) is 6.42 Å². The van der Waals surface area contributed by atoms with Gasteiger partial charge in [-0.25, -0.2) is 4.98 Å². The Morgan fingerprint density at radius 2 is 2.21 bits per heavy atom. The molecular weight excluding hydrogens is 252 g/mol. The van der Waals surface area contributed by atoms with Crippen molar-refractivity contribution in [1.29, 1.82) is 0 Å². The summed E-state index contributed by atoms with van der Waals surface area (Å²) in [4.78, 5) is 4.82. The van der Waals surface area contributed by atoms with Gasteiger partial charge in [-0.15, -0.1) is 11.3 Å². The maximum absolute atomic E-state index is 4.82. The molecule has 2 heterocycles. The van der Waals surface area contributed by atoms with E-state index >= 15 is 0 Å². The van der Waals surface area contributed by atoms with Crippen molar-refractivity contribution in [2.45, 2.75) is 51.5 Å². The number of rotatable bonds is 2. The molecule has 19 heavy (non-hydrogen) atoms. The van der Waals surface area contributed by atoms with Gasteiger partial charge in [0.2, 0.25) is 0 Å². The molecule has 0 amide bonds. The van der Waals surface area contributed by atoms with Crippen LogP contribution in [0.25, 0.3) is 10.2 Å². The van der Waals surface area contributed by atoms with E-state index in [9.17, 15) is 0 Å². The Bertz CT molecular complexity index is 574. The zero-order valence-electron chi connectivity index (χ0n) is 12.0. The number of hydrogen-bond acceptors (Lipinski definition) is 3. The molecule has 1 aromatic carbocycles. The van der Waals surface area contributed by atoms with Crippen molar-refractivity contribution in [3.63, 3.8) is 0 Å². The van der Waals surface area contributed by atoms with Gasteiger partial charge in [0.25, 0.3) is 0 Å². The molecule has 0 radical (unpaired) electrons. The van der Waals surface area contributed by atoms with Gasteiger partial charge in [-0.05, 0) is 43.5 Å².